The van der Waals surface area contributed by atoms with E-state index in [1.807, 2.05) is 0 Å². The molecule has 0 spiro atoms. The van der Waals surface area contributed by atoms with Crippen LogP contribution < -0.4 is 0 Å². The molecule has 2 atom stereocenters. The quantitative estimate of drug-likeness (QED) is 0.586. The Balaban J connectivity index is 1.83. The van der Waals surface area contributed by atoms with Crippen LogP contribution in [-0.4, -0.2) is 29.4 Å². The largest absolute Gasteiger partial charge is 0.354 e. The molecule has 0 aliphatic carbocycles. The van der Waals surface area contributed by atoms with Gasteiger partial charge in [0, 0.05) is 28.5 Å². The maximum atomic E-state index is 14.6. The standard InChI is InChI=1S/C18H14ClF2N3O3S/c1-28(25,26)17-22-10-23-24(17)9-18(13-7-6-11(20)8-15(13)21)16(27-18)12-4-2-3-5-14(12)19/h2-8,10,16H,9H2,1H3/t16-,18-/m1/s1. The average Bonchev–Trinajstić information content (AvgIpc) is 3.10. The Kier molecular flexibility index (Phi) is 4.48. The van der Waals surface area contributed by atoms with Gasteiger partial charge in [-0.1, -0.05) is 35.9 Å². The predicted molar refractivity (Wildman–Crippen MR) is 96.4 cm³/mol. The minimum Gasteiger partial charge on any atom is -0.354 e. The molecule has 0 saturated carbocycles. The van der Waals surface area contributed by atoms with Crippen LogP contribution in [0.25, 0.3) is 0 Å². The SMILES string of the molecule is CS(=O)(=O)c1ncnn1C[C@]1(c2ccc(F)cc2F)O[C@@H]1c1ccccc1Cl. The molecule has 2 aromatic carbocycles. The van der Waals surface area contributed by atoms with Crippen LogP contribution in [-0.2, 0) is 26.7 Å². The number of hydrogen-bond donors (Lipinski definition) is 0. The Morgan fingerprint density at radius 3 is 2.68 bits per heavy atom. The highest BCUT2D eigenvalue weighted by Crippen LogP contribution is 2.59. The third-order valence-electron chi connectivity index (χ3n) is 4.57. The minimum absolute atomic E-state index is 0.0776. The van der Waals surface area contributed by atoms with E-state index < -0.39 is 33.2 Å². The van der Waals surface area contributed by atoms with Crippen LogP contribution in [0.2, 0.25) is 5.02 Å². The van der Waals surface area contributed by atoms with Crippen molar-refractivity contribution in [3.63, 3.8) is 0 Å². The molecule has 0 unspecified atom stereocenters. The number of halogens is 3. The molecule has 0 bridgehead atoms. The second kappa shape index (κ2) is 6.61. The summed E-state index contributed by atoms with van der Waals surface area (Å²) in [6.45, 7) is -0.145. The predicted octanol–water partition coefficient (Wildman–Crippen LogP) is 3.28. The number of aromatic nitrogens is 3. The molecule has 2 heterocycles. The van der Waals surface area contributed by atoms with Crippen LogP contribution in [0.15, 0.2) is 53.9 Å². The molecule has 0 radical (unpaired) electrons. The number of epoxide rings is 1. The second-order valence-electron chi connectivity index (χ2n) is 6.51. The Labute approximate surface area is 164 Å². The fraction of sp³-hybridized carbons (Fsp3) is 0.222. The van der Waals surface area contributed by atoms with E-state index in [1.54, 1.807) is 24.3 Å². The summed E-state index contributed by atoms with van der Waals surface area (Å²) < 4.78 is 59.0. The van der Waals surface area contributed by atoms with Gasteiger partial charge in [-0.2, -0.15) is 5.10 Å². The van der Waals surface area contributed by atoms with Crippen molar-refractivity contribution in [3.8, 4) is 0 Å². The van der Waals surface area contributed by atoms with Crippen LogP contribution in [0.5, 0.6) is 0 Å². The third kappa shape index (κ3) is 3.19. The van der Waals surface area contributed by atoms with Gasteiger partial charge in [0.1, 0.15) is 29.7 Å². The normalized spacial score (nSPS) is 21.6. The van der Waals surface area contributed by atoms with Crippen molar-refractivity contribution in [2.24, 2.45) is 0 Å². The summed E-state index contributed by atoms with van der Waals surface area (Å²) in [5.74, 6) is -1.54. The fourth-order valence-corrected chi connectivity index (χ4v) is 4.26. The van der Waals surface area contributed by atoms with E-state index in [9.17, 15) is 17.2 Å². The molecule has 4 rings (SSSR count). The van der Waals surface area contributed by atoms with Gasteiger partial charge in [-0.25, -0.2) is 26.9 Å². The van der Waals surface area contributed by atoms with Crippen LogP contribution in [0.3, 0.4) is 0 Å². The number of sulfone groups is 1. The first kappa shape index (κ1) is 19.0. The number of hydrogen-bond acceptors (Lipinski definition) is 5. The van der Waals surface area contributed by atoms with E-state index in [2.05, 4.69) is 10.1 Å². The molecule has 1 aliphatic heterocycles. The summed E-state index contributed by atoms with van der Waals surface area (Å²) in [6, 6.07) is 10.0. The lowest BCUT2D eigenvalue weighted by atomic mass is 9.91. The number of ether oxygens (including phenoxy) is 1. The highest BCUT2D eigenvalue weighted by molar-refractivity contribution is 7.90. The fourth-order valence-electron chi connectivity index (χ4n) is 3.29. The minimum atomic E-state index is -3.67. The molecule has 1 aliphatic rings. The van der Waals surface area contributed by atoms with E-state index in [1.165, 1.54) is 6.07 Å². The van der Waals surface area contributed by atoms with Crippen molar-refractivity contribution >= 4 is 21.4 Å². The maximum Gasteiger partial charge on any atom is 0.245 e. The van der Waals surface area contributed by atoms with Crippen molar-refractivity contribution in [3.05, 3.63) is 76.6 Å². The van der Waals surface area contributed by atoms with Crippen LogP contribution in [0, 0.1) is 11.6 Å². The van der Waals surface area contributed by atoms with Crippen molar-refractivity contribution in [2.45, 2.75) is 23.4 Å². The van der Waals surface area contributed by atoms with Gasteiger partial charge in [0.25, 0.3) is 0 Å². The summed E-state index contributed by atoms with van der Waals surface area (Å²) >= 11 is 6.26. The third-order valence-corrected chi connectivity index (χ3v) is 5.89. The van der Waals surface area contributed by atoms with Gasteiger partial charge in [-0.15, -0.1) is 0 Å². The maximum absolute atomic E-state index is 14.6. The van der Waals surface area contributed by atoms with Gasteiger partial charge in [0.15, 0.2) is 0 Å². The molecule has 6 nitrogen and oxygen atoms in total. The summed E-state index contributed by atoms with van der Waals surface area (Å²) in [7, 11) is -3.67. The van der Waals surface area contributed by atoms with E-state index >= 15 is 0 Å². The first-order chi connectivity index (χ1) is 13.2. The molecule has 0 amide bonds. The van der Waals surface area contributed by atoms with Crippen LogP contribution in [0.4, 0.5) is 8.78 Å². The van der Waals surface area contributed by atoms with Crippen molar-refractivity contribution in [2.75, 3.05) is 6.26 Å². The summed E-state index contributed by atoms with van der Waals surface area (Å²) in [5.41, 5.74) is -0.627. The van der Waals surface area contributed by atoms with Gasteiger partial charge >= 0.3 is 0 Å². The molecule has 1 saturated heterocycles. The Morgan fingerprint density at radius 2 is 2.00 bits per heavy atom. The van der Waals surface area contributed by atoms with Crippen molar-refractivity contribution in [1.29, 1.82) is 0 Å². The lowest BCUT2D eigenvalue weighted by Gasteiger charge is -2.16. The van der Waals surface area contributed by atoms with E-state index in [-0.39, 0.29) is 17.3 Å². The lowest BCUT2D eigenvalue weighted by molar-refractivity contribution is 0.250. The highest BCUT2D eigenvalue weighted by atomic mass is 35.5. The zero-order chi connectivity index (χ0) is 20.1. The highest BCUT2D eigenvalue weighted by Gasteiger charge is 2.61. The molecule has 10 heteroatoms. The van der Waals surface area contributed by atoms with Gasteiger partial charge in [-0.3, -0.25) is 0 Å². The molecule has 146 valence electrons. The zero-order valence-corrected chi connectivity index (χ0v) is 16.1. The van der Waals surface area contributed by atoms with E-state index in [4.69, 9.17) is 16.3 Å². The number of rotatable bonds is 5. The average molecular weight is 426 g/mol. The first-order valence-electron chi connectivity index (χ1n) is 8.18. The van der Waals surface area contributed by atoms with Crippen molar-refractivity contribution < 1.29 is 21.9 Å². The Bertz CT molecular complexity index is 1170. The molecule has 1 fully saturated rings. The molecule has 28 heavy (non-hydrogen) atoms. The van der Waals surface area contributed by atoms with Crippen molar-refractivity contribution in [1.82, 2.24) is 14.8 Å². The molecular weight excluding hydrogens is 412 g/mol. The Hall–Kier alpha value is -2.36. The van der Waals surface area contributed by atoms with Gasteiger partial charge in [-0.05, 0) is 12.1 Å². The smallest absolute Gasteiger partial charge is 0.245 e. The van der Waals surface area contributed by atoms with Crippen LogP contribution in [0.1, 0.15) is 17.2 Å². The van der Waals surface area contributed by atoms with E-state index in [0.717, 1.165) is 29.4 Å². The summed E-state index contributed by atoms with van der Waals surface area (Å²) in [4.78, 5) is 3.77. The summed E-state index contributed by atoms with van der Waals surface area (Å²) in [6.07, 6.45) is 1.42. The first-order valence-corrected chi connectivity index (χ1v) is 10.4. The van der Waals surface area contributed by atoms with Gasteiger partial charge in [0.05, 0.1) is 6.54 Å². The molecule has 1 aromatic heterocycles. The number of nitrogens with zero attached hydrogens (tertiary/aromatic N) is 3. The zero-order valence-electron chi connectivity index (χ0n) is 14.5. The lowest BCUT2D eigenvalue weighted by Crippen LogP contribution is -2.24. The molecule has 0 N–H and O–H groups in total. The topological polar surface area (TPSA) is 77.4 Å². The second-order valence-corrected chi connectivity index (χ2v) is 8.82. The van der Waals surface area contributed by atoms with E-state index in [0.29, 0.717) is 10.6 Å². The van der Waals surface area contributed by atoms with Gasteiger partial charge < -0.3 is 4.74 Å². The van der Waals surface area contributed by atoms with Crippen LogP contribution >= 0.6 is 11.6 Å². The number of benzene rings is 2. The molecular formula is C18H14ClF2N3O3S. The van der Waals surface area contributed by atoms with Gasteiger partial charge in [0.2, 0.25) is 15.0 Å². The monoisotopic (exact) mass is 425 g/mol. The summed E-state index contributed by atoms with van der Waals surface area (Å²) in [5, 5.41) is 4.09. The molecule has 3 aromatic rings. The Morgan fingerprint density at radius 1 is 1.25 bits per heavy atom.